The number of hydrogen-bond donors (Lipinski definition) is 0. The largest absolute Gasteiger partial charge is 0.321 e. The summed E-state index contributed by atoms with van der Waals surface area (Å²) in [6.45, 7) is 3.08. The molecule has 0 radical (unpaired) electrons. The van der Waals surface area contributed by atoms with Crippen molar-refractivity contribution < 1.29 is 0 Å². The number of benzene rings is 1. The minimum atomic E-state index is 0.787. The highest BCUT2D eigenvalue weighted by Crippen LogP contribution is 2.31. The van der Waals surface area contributed by atoms with Gasteiger partial charge in [0.05, 0.1) is 5.52 Å². The molecule has 0 unspecified atom stereocenters. The van der Waals surface area contributed by atoms with Gasteiger partial charge in [-0.25, -0.2) is 4.98 Å². The first kappa shape index (κ1) is 13.0. The fourth-order valence-electron chi connectivity index (χ4n) is 2.83. The van der Waals surface area contributed by atoms with E-state index in [2.05, 4.69) is 30.8 Å². The Kier molecular flexibility index (Phi) is 3.06. The summed E-state index contributed by atoms with van der Waals surface area (Å²) < 4.78 is 5.04. The van der Waals surface area contributed by atoms with Crippen LogP contribution in [0.4, 0.5) is 0 Å². The Bertz CT molecular complexity index is 800. The van der Waals surface area contributed by atoms with E-state index in [1.165, 1.54) is 19.3 Å². The lowest BCUT2D eigenvalue weighted by Gasteiger charge is -2.26. The molecule has 21 heavy (non-hydrogen) atoms. The molecule has 0 N–H and O–H groups in total. The summed E-state index contributed by atoms with van der Waals surface area (Å²) in [5.74, 6) is 2.62. The van der Waals surface area contributed by atoms with Crippen LogP contribution in [0.25, 0.3) is 16.9 Å². The molecule has 2 aromatic heterocycles. The average Bonchev–Trinajstić information content (AvgIpc) is 2.97. The van der Waals surface area contributed by atoms with E-state index in [1.54, 1.807) is 0 Å². The van der Waals surface area contributed by atoms with Crippen molar-refractivity contribution in [1.82, 2.24) is 24.5 Å². The Hall–Kier alpha value is -1.69. The number of hydrogen-bond acceptors (Lipinski definition) is 3. The highest BCUT2D eigenvalue weighted by atomic mass is 79.9. The molecule has 1 fully saturated rings. The maximum absolute atomic E-state index is 4.69. The second-order valence-corrected chi connectivity index (χ2v) is 6.42. The fourth-order valence-corrected chi connectivity index (χ4v) is 3.49. The van der Waals surface area contributed by atoms with Crippen LogP contribution >= 0.6 is 15.9 Å². The monoisotopic (exact) mass is 345 g/mol. The summed E-state index contributed by atoms with van der Waals surface area (Å²) in [6.07, 6.45) is 4.01. The van der Waals surface area contributed by atoms with E-state index in [1.807, 2.05) is 35.9 Å². The molecule has 0 amide bonds. The van der Waals surface area contributed by atoms with Gasteiger partial charge < -0.3 is 4.57 Å². The predicted molar refractivity (Wildman–Crippen MR) is 84.4 cm³/mol. The first-order valence-electron chi connectivity index (χ1n) is 7.27. The highest BCUT2D eigenvalue weighted by molar-refractivity contribution is 9.10. The van der Waals surface area contributed by atoms with Gasteiger partial charge in [0.2, 0.25) is 0 Å². The zero-order valence-corrected chi connectivity index (χ0v) is 13.4. The van der Waals surface area contributed by atoms with Crippen molar-refractivity contribution in [3.8, 4) is 5.82 Å². The number of imidazole rings is 1. The van der Waals surface area contributed by atoms with Gasteiger partial charge in [0.15, 0.2) is 5.82 Å². The zero-order valence-electron chi connectivity index (χ0n) is 11.8. The summed E-state index contributed by atoms with van der Waals surface area (Å²) >= 11 is 3.70. The van der Waals surface area contributed by atoms with E-state index in [0.717, 1.165) is 39.7 Å². The molecule has 1 aliphatic rings. The van der Waals surface area contributed by atoms with Crippen LogP contribution < -0.4 is 0 Å². The van der Waals surface area contributed by atoms with Gasteiger partial charge in [-0.05, 0) is 53.7 Å². The molecule has 3 aromatic rings. The van der Waals surface area contributed by atoms with Gasteiger partial charge in [-0.15, -0.1) is 5.10 Å². The van der Waals surface area contributed by atoms with E-state index < -0.39 is 0 Å². The molecule has 0 bridgehead atoms. The molecule has 0 saturated heterocycles. The van der Waals surface area contributed by atoms with E-state index in [0.29, 0.717) is 0 Å². The van der Waals surface area contributed by atoms with Gasteiger partial charge in [0.1, 0.15) is 15.9 Å². The van der Waals surface area contributed by atoms with Crippen LogP contribution in [0, 0.1) is 12.8 Å². The quantitative estimate of drug-likeness (QED) is 0.729. The number of fused-ring (bicyclic) bond motifs is 1. The summed E-state index contributed by atoms with van der Waals surface area (Å²) in [5, 5.41) is 8.46. The number of aryl methyl sites for hydroxylation is 1. The predicted octanol–water partition coefficient (Wildman–Crippen LogP) is 3.49. The second kappa shape index (κ2) is 4.94. The Morgan fingerprint density at radius 3 is 2.86 bits per heavy atom. The van der Waals surface area contributed by atoms with Crippen LogP contribution in [0.2, 0.25) is 0 Å². The van der Waals surface area contributed by atoms with Gasteiger partial charge >= 0.3 is 0 Å². The van der Waals surface area contributed by atoms with E-state index >= 15 is 0 Å². The van der Waals surface area contributed by atoms with Crippen LogP contribution in [0.15, 0.2) is 28.9 Å². The Labute approximate surface area is 131 Å². The molecule has 108 valence electrons. The van der Waals surface area contributed by atoms with E-state index in [9.17, 15) is 0 Å². The average molecular weight is 346 g/mol. The third kappa shape index (κ3) is 2.09. The van der Waals surface area contributed by atoms with Crippen LogP contribution in [0.3, 0.4) is 0 Å². The van der Waals surface area contributed by atoms with E-state index in [4.69, 9.17) is 4.98 Å². The molecule has 0 atom stereocenters. The lowest BCUT2D eigenvalue weighted by atomic mass is 9.85. The third-order valence-electron chi connectivity index (χ3n) is 4.30. The molecule has 0 aliphatic heterocycles. The second-order valence-electron chi connectivity index (χ2n) is 5.67. The maximum atomic E-state index is 4.69. The molecule has 6 heteroatoms. The minimum absolute atomic E-state index is 0.787. The van der Waals surface area contributed by atoms with Gasteiger partial charge in [-0.1, -0.05) is 23.8 Å². The standard InChI is InChI=1S/C15H16BrN5/c1-10-17-15(14(16)20(10)9-11-5-4-6-11)21-13-8-3-2-7-12(13)18-19-21/h2-3,7-8,11H,4-6,9H2,1H3. The normalized spacial score (nSPS) is 15.5. The Morgan fingerprint density at radius 2 is 2.10 bits per heavy atom. The molecular formula is C15H16BrN5. The van der Waals surface area contributed by atoms with Crippen molar-refractivity contribution in [2.45, 2.75) is 32.7 Å². The number of aromatic nitrogens is 5. The zero-order chi connectivity index (χ0) is 14.4. The first-order valence-corrected chi connectivity index (χ1v) is 8.07. The SMILES string of the molecule is Cc1nc(-n2nnc3ccccc32)c(Br)n1CC1CCC1. The Balaban J connectivity index is 1.79. The van der Waals surface area contributed by atoms with Crippen molar-refractivity contribution in [2.24, 2.45) is 5.92 Å². The lowest BCUT2D eigenvalue weighted by molar-refractivity contribution is 0.273. The van der Waals surface area contributed by atoms with E-state index in [-0.39, 0.29) is 0 Å². The van der Waals surface area contributed by atoms with Crippen LogP contribution in [0.5, 0.6) is 0 Å². The molecule has 1 aromatic carbocycles. The van der Waals surface area contributed by atoms with Crippen LogP contribution in [0.1, 0.15) is 25.1 Å². The fraction of sp³-hybridized carbons (Fsp3) is 0.400. The molecular weight excluding hydrogens is 330 g/mol. The number of nitrogens with zero attached hydrogens (tertiary/aromatic N) is 5. The summed E-state index contributed by atoms with van der Waals surface area (Å²) in [5.41, 5.74) is 1.86. The van der Waals surface area contributed by atoms with Crippen molar-refractivity contribution in [1.29, 1.82) is 0 Å². The van der Waals surface area contributed by atoms with Crippen molar-refractivity contribution in [2.75, 3.05) is 0 Å². The smallest absolute Gasteiger partial charge is 0.188 e. The molecule has 4 rings (SSSR count). The van der Waals surface area contributed by atoms with Gasteiger partial charge in [-0.3, -0.25) is 0 Å². The summed E-state index contributed by atoms with van der Waals surface area (Å²) in [6, 6.07) is 7.94. The lowest BCUT2D eigenvalue weighted by Crippen LogP contribution is -2.19. The van der Waals surface area contributed by atoms with Crippen LogP contribution in [-0.2, 0) is 6.54 Å². The number of rotatable bonds is 3. The van der Waals surface area contributed by atoms with Crippen molar-refractivity contribution in [3.05, 3.63) is 34.7 Å². The number of para-hydroxylation sites is 1. The minimum Gasteiger partial charge on any atom is -0.321 e. The topological polar surface area (TPSA) is 48.5 Å². The molecule has 2 heterocycles. The first-order chi connectivity index (χ1) is 10.2. The van der Waals surface area contributed by atoms with Gasteiger partial charge in [-0.2, -0.15) is 4.68 Å². The highest BCUT2D eigenvalue weighted by Gasteiger charge is 2.23. The van der Waals surface area contributed by atoms with Crippen LogP contribution in [-0.4, -0.2) is 24.5 Å². The summed E-state index contributed by atoms with van der Waals surface area (Å²) in [4.78, 5) is 4.69. The molecule has 5 nitrogen and oxygen atoms in total. The molecule has 1 saturated carbocycles. The Morgan fingerprint density at radius 1 is 1.29 bits per heavy atom. The summed E-state index contributed by atoms with van der Waals surface area (Å²) in [7, 11) is 0. The molecule has 0 spiro atoms. The van der Waals surface area contributed by atoms with Gasteiger partial charge in [0, 0.05) is 6.54 Å². The van der Waals surface area contributed by atoms with Crippen molar-refractivity contribution in [3.63, 3.8) is 0 Å². The van der Waals surface area contributed by atoms with Crippen molar-refractivity contribution >= 4 is 27.0 Å². The number of halogens is 1. The maximum Gasteiger partial charge on any atom is 0.188 e. The van der Waals surface area contributed by atoms with Gasteiger partial charge in [0.25, 0.3) is 0 Å². The molecule has 1 aliphatic carbocycles. The third-order valence-corrected chi connectivity index (χ3v) is 5.08.